The van der Waals surface area contributed by atoms with E-state index < -0.39 is 5.97 Å². The molecule has 0 bridgehead atoms. The van der Waals surface area contributed by atoms with Crippen LogP contribution in [0.3, 0.4) is 0 Å². The predicted molar refractivity (Wildman–Crippen MR) is 76.0 cm³/mol. The van der Waals surface area contributed by atoms with E-state index in [0.29, 0.717) is 16.7 Å². The highest BCUT2D eigenvalue weighted by Gasteiger charge is 2.41. The van der Waals surface area contributed by atoms with Crippen LogP contribution in [0.15, 0.2) is 0 Å². The van der Waals surface area contributed by atoms with Gasteiger partial charge in [-0.2, -0.15) is 11.8 Å². The average molecular weight is 271 g/mol. The Hall–Kier alpha value is -0.220. The zero-order chi connectivity index (χ0) is 13.3. The topological polar surface area (TPSA) is 49.3 Å². The van der Waals surface area contributed by atoms with Crippen molar-refractivity contribution >= 4 is 17.7 Å². The summed E-state index contributed by atoms with van der Waals surface area (Å²) in [5.74, 6) is 0.812. The number of fused-ring (bicyclic) bond motifs is 1. The minimum atomic E-state index is -0.697. The van der Waals surface area contributed by atoms with Gasteiger partial charge in [0.05, 0.1) is 0 Å². The van der Waals surface area contributed by atoms with Crippen molar-refractivity contribution in [1.82, 2.24) is 5.32 Å². The summed E-state index contributed by atoms with van der Waals surface area (Å²) in [6, 6.07) is 0.0701. The van der Waals surface area contributed by atoms with E-state index in [2.05, 4.69) is 26.1 Å². The van der Waals surface area contributed by atoms with Crippen molar-refractivity contribution in [2.24, 2.45) is 11.3 Å². The number of rotatable bonds is 3. The Balaban J connectivity index is 1.95. The van der Waals surface area contributed by atoms with Gasteiger partial charge in [0.15, 0.2) is 0 Å². The van der Waals surface area contributed by atoms with E-state index in [9.17, 15) is 4.79 Å². The van der Waals surface area contributed by atoms with Crippen LogP contribution in [0.5, 0.6) is 0 Å². The number of nitrogens with one attached hydrogen (secondary N) is 1. The molecular weight excluding hydrogens is 246 g/mol. The molecule has 0 aromatic heterocycles. The van der Waals surface area contributed by atoms with Crippen LogP contribution in [0.4, 0.5) is 0 Å². The van der Waals surface area contributed by atoms with Crippen LogP contribution in [-0.4, -0.2) is 34.2 Å². The Morgan fingerprint density at radius 2 is 2.17 bits per heavy atom. The number of hydrogen-bond donors (Lipinski definition) is 2. The second-order valence-corrected chi connectivity index (χ2v) is 7.66. The first-order valence-corrected chi connectivity index (χ1v) is 8.09. The number of aliphatic carboxylic acids is 1. The molecule has 4 atom stereocenters. The van der Waals surface area contributed by atoms with E-state index in [1.165, 1.54) is 19.3 Å². The molecule has 3 nitrogen and oxygen atoms in total. The lowest BCUT2D eigenvalue weighted by molar-refractivity contribution is -0.139. The molecule has 2 fully saturated rings. The van der Waals surface area contributed by atoms with Crippen molar-refractivity contribution < 1.29 is 9.90 Å². The fourth-order valence-electron chi connectivity index (χ4n) is 3.17. The number of hydrogen-bond acceptors (Lipinski definition) is 3. The minimum absolute atomic E-state index is 0.341. The van der Waals surface area contributed by atoms with Crippen LogP contribution < -0.4 is 5.32 Å². The molecule has 0 aromatic carbocycles. The van der Waals surface area contributed by atoms with Crippen molar-refractivity contribution in [3.05, 3.63) is 0 Å². The third-order valence-electron chi connectivity index (χ3n) is 5.00. The van der Waals surface area contributed by atoms with Crippen LogP contribution in [0.1, 0.15) is 46.5 Å². The lowest BCUT2D eigenvalue weighted by Crippen LogP contribution is -2.56. The van der Waals surface area contributed by atoms with Crippen LogP contribution in [-0.2, 0) is 4.79 Å². The van der Waals surface area contributed by atoms with Crippen LogP contribution >= 0.6 is 11.8 Å². The van der Waals surface area contributed by atoms with E-state index in [1.54, 1.807) is 0 Å². The van der Waals surface area contributed by atoms with Gasteiger partial charge >= 0.3 is 5.97 Å². The second kappa shape index (κ2) is 5.41. The molecule has 0 spiro atoms. The van der Waals surface area contributed by atoms with Crippen LogP contribution in [0, 0.1) is 11.3 Å². The number of thioether (sulfide) groups is 1. The SMILES string of the molecule is CCC(C)(C)C1CCC2NC(C(=O)O)CSC2C1. The summed E-state index contributed by atoms with van der Waals surface area (Å²) in [6.07, 6.45) is 4.85. The maximum absolute atomic E-state index is 11.0. The first-order chi connectivity index (χ1) is 8.44. The van der Waals surface area contributed by atoms with E-state index in [4.69, 9.17) is 5.11 Å². The fraction of sp³-hybridized carbons (Fsp3) is 0.929. The Bertz CT molecular complexity index is 319. The van der Waals surface area contributed by atoms with Gasteiger partial charge in [-0.15, -0.1) is 0 Å². The molecule has 104 valence electrons. The summed E-state index contributed by atoms with van der Waals surface area (Å²) in [5, 5.41) is 13.0. The van der Waals surface area contributed by atoms with Crippen molar-refractivity contribution in [2.75, 3.05) is 5.75 Å². The van der Waals surface area contributed by atoms with Gasteiger partial charge in [0.25, 0.3) is 0 Å². The highest BCUT2D eigenvalue weighted by molar-refractivity contribution is 8.00. The molecule has 2 aliphatic rings. The maximum Gasteiger partial charge on any atom is 0.321 e. The predicted octanol–water partition coefficient (Wildman–Crippen LogP) is 2.75. The molecule has 2 rings (SSSR count). The summed E-state index contributed by atoms with van der Waals surface area (Å²) in [6.45, 7) is 7.02. The summed E-state index contributed by atoms with van der Waals surface area (Å²) >= 11 is 1.87. The Kier molecular flexibility index (Phi) is 4.27. The number of carboxylic acid groups (broad SMARTS) is 1. The average Bonchev–Trinajstić information content (AvgIpc) is 2.37. The lowest BCUT2D eigenvalue weighted by Gasteiger charge is -2.46. The fourth-order valence-corrected chi connectivity index (χ4v) is 4.67. The van der Waals surface area contributed by atoms with Gasteiger partial charge in [-0.3, -0.25) is 10.1 Å². The summed E-state index contributed by atoms with van der Waals surface area (Å²) in [4.78, 5) is 11.0. The summed E-state index contributed by atoms with van der Waals surface area (Å²) in [5.41, 5.74) is 0.426. The second-order valence-electron chi connectivity index (χ2n) is 6.39. The quantitative estimate of drug-likeness (QED) is 0.828. The van der Waals surface area contributed by atoms with Gasteiger partial charge in [0.2, 0.25) is 0 Å². The summed E-state index contributed by atoms with van der Waals surface area (Å²) < 4.78 is 0. The highest BCUT2D eigenvalue weighted by atomic mass is 32.2. The number of carbonyl (C=O) groups is 1. The zero-order valence-corrected chi connectivity index (χ0v) is 12.4. The van der Waals surface area contributed by atoms with Crippen LogP contribution in [0.2, 0.25) is 0 Å². The molecule has 1 heterocycles. The molecule has 4 heteroatoms. The van der Waals surface area contributed by atoms with Crippen molar-refractivity contribution in [3.8, 4) is 0 Å². The maximum atomic E-state index is 11.0. The molecule has 4 unspecified atom stereocenters. The first kappa shape index (κ1) is 14.2. The van der Waals surface area contributed by atoms with Crippen molar-refractivity contribution in [2.45, 2.75) is 63.8 Å². The Morgan fingerprint density at radius 3 is 2.78 bits per heavy atom. The molecule has 1 aliphatic heterocycles. The normalized spacial score (nSPS) is 37.1. The van der Waals surface area contributed by atoms with E-state index in [1.807, 2.05) is 11.8 Å². The Morgan fingerprint density at radius 1 is 1.44 bits per heavy atom. The van der Waals surface area contributed by atoms with Crippen molar-refractivity contribution in [1.29, 1.82) is 0 Å². The van der Waals surface area contributed by atoms with Gasteiger partial charge in [0, 0.05) is 17.0 Å². The third kappa shape index (κ3) is 2.85. The molecule has 0 amide bonds. The summed E-state index contributed by atoms with van der Waals surface area (Å²) in [7, 11) is 0. The largest absolute Gasteiger partial charge is 0.480 e. The molecule has 0 radical (unpaired) electrons. The van der Waals surface area contributed by atoms with Gasteiger partial charge in [-0.05, 0) is 30.6 Å². The molecule has 1 saturated heterocycles. The molecular formula is C14H25NO2S. The van der Waals surface area contributed by atoms with Gasteiger partial charge < -0.3 is 5.11 Å². The molecule has 18 heavy (non-hydrogen) atoms. The van der Waals surface area contributed by atoms with E-state index in [-0.39, 0.29) is 6.04 Å². The molecule has 1 aliphatic carbocycles. The zero-order valence-electron chi connectivity index (χ0n) is 11.6. The molecule has 1 saturated carbocycles. The molecule has 2 N–H and O–H groups in total. The molecule has 0 aromatic rings. The monoisotopic (exact) mass is 271 g/mol. The standard InChI is InChI=1S/C14H25NO2S/c1-4-14(2,3)9-5-6-10-12(7-9)18-8-11(15-10)13(16)17/h9-12,15H,4-8H2,1-3H3,(H,16,17). The Labute approximate surface area is 114 Å². The minimum Gasteiger partial charge on any atom is -0.480 e. The lowest BCUT2D eigenvalue weighted by atomic mass is 9.68. The smallest absolute Gasteiger partial charge is 0.321 e. The van der Waals surface area contributed by atoms with E-state index in [0.717, 1.165) is 18.1 Å². The van der Waals surface area contributed by atoms with Gasteiger partial charge in [-0.1, -0.05) is 27.2 Å². The third-order valence-corrected chi connectivity index (χ3v) is 6.47. The first-order valence-electron chi connectivity index (χ1n) is 7.04. The van der Waals surface area contributed by atoms with Gasteiger partial charge in [-0.25, -0.2) is 0 Å². The van der Waals surface area contributed by atoms with Crippen LogP contribution in [0.25, 0.3) is 0 Å². The van der Waals surface area contributed by atoms with E-state index >= 15 is 0 Å². The van der Waals surface area contributed by atoms with Crippen molar-refractivity contribution in [3.63, 3.8) is 0 Å². The van der Waals surface area contributed by atoms with Gasteiger partial charge in [0.1, 0.15) is 6.04 Å². The highest BCUT2D eigenvalue weighted by Crippen LogP contribution is 2.44. The number of carboxylic acids is 1.